The van der Waals surface area contributed by atoms with Crippen molar-refractivity contribution in [2.45, 2.75) is 19.4 Å². The number of rotatable bonds is 3. The highest BCUT2D eigenvalue weighted by molar-refractivity contribution is 6.09. The number of hydrogen-bond donors (Lipinski definition) is 1. The number of hydrogen-bond acceptors (Lipinski definition) is 4. The molecule has 1 aliphatic heterocycles. The van der Waals surface area contributed by atoms with Crippen LogP contribution in [0.25, 0.3) is 10.8 Å². The fourth-order valence-electron chi connectivity index (χ4n) is 3.54. The van der Waals surface area contributed by atoms with Crippen molar-refractivity contribution in [2.75, 3.05) is 7.11 Å². The first-order chi connectivity index (χ1) is 13.1. The molecule has 0 radical (unpaired) electrons. The molecule has 3 aromatic rings. The maximum atomic E-state index is 12.2. The number of ether oxygens (including phenoxy) is 1. The van der Waals surface area contributed by atoms with Crippen molar-refractivity contribution in [3.05, 3.63) is 71.8 Å². The average molecular weight is 360 g/mol. The van der Waals surface area contributed by atoms with Crippen LogP contribution in [0.5, 0.6) is 11.5 Å². The quantitative estimate of drug-likeness (QED) is 0.759. The van der Waals surface area contributed by atoms with Crippen molar-refractivity contribution in [3.8, 4) is 11.5 Å². The highest BCUT2D eigenvalue weighted by Gasteiger charge is 2.32. The Labute approximate surface area is 157 Å². The lowest BCUT2D eigenvalue weighted by Crippen LogP contribution is -2.24. The van der Waals surface area contributed by atoms with Gasteiger partial charge < -0.3 is 9.84 Å². The van der Waals surface area contributed by atoms with Gasteiger partial charge in [-0.3, -0.25) is 4.79 Å². The molecular formula is C22H20N2O3. The summed E-state index contributed by atoms with van der Waals surface area (Å²) in [4.78, 5) is 12.2. The van der Waals surface area contributed by atoms with E-state index in [1.54, 1.807) is 7.11 Å². The van der Waals surface area contributed by atoms with Crippen LogP contribution in [-0.2, 0) is 4.79 Å². The number of amides is 1. The number of hydrazone groups is 1. The van der Waals surface area contributed by atoms with Crippen LogP contribution in [0.4, 0.5) is 0 Å². The molecule has 0 aromatic heterocycles. The molecule has 0 bridgehead atoms. The number of benzene rings is 3. The Morgan fingerprint density at radius 2 is 1.85 bits per heavy atom. The fraction of sp³-hybridized carbons (Fsp3) is 0.182. The van der Waals surface area contributed by atoms with Gasteiger partial charge in [0.25, 0.3) is 0 Å². The van der Waals surface area contributed by atoms with E-state index in [0.29, 0.717) is 17.7 Å². The zero-order chi connectivity index (χ0) is 19.0. The molecule has 1 unspecified atom stereocenters. The molecule has 5 heteroatoms. The van der Waals surface area contributed by atoms with E-state index < -0.39 is 0 Å². The summed E-state index contributed by atoms with van der Waals surface area (Å²) in [6.07, 6.45) is 0.539. The smallest absolute Gasteiger partial charge is 0.240 e. The van der Waals surface area contributed by atoms with E-state index >= 15 is 0 Å². The van der Waals surface area contributed by atoms with Crippen molar-refractivity contribution in [1.82, 2.24) is 5.01 Å². The lowest BCUT2D eigenvalue weighted by Gasteiger charge is -2.20. The number of phenols is 1. The van der Waals surface area contributed by atoms with Crippen molar-refractivity contribution in [2.24, 2.45) is 5.10 Å². The Bertz CT molecular complexity index is 1040. The summed E-state index contributed by atoms with van der Waals surface area (Å²) in [7, 11) is 1.62. The van der Waals surface area contributed by atoms with Crippen molar-refractivity contribution < 1.29 is 14.6 Å². The standard InChI is InChI=1S/C22H20N2O3/c1-14(25)24-21(16-7-10-17(27-2)11-8-16)13-20(23-24)19-12-9-15-5-3-4-6-18(15)22(19)26/h3-12,21,26H,13H2,1-2H3. The number of carbonyl (C=O) groups is 1. The molecule has 3 aromatic carbocycles. The minimum atomic E-state index is -0.200. The molecule has 1 atom stereocenters. The maximum Gasteiger partial charge on any atom is 0.240 e. The van der Waals surface area contributed by atoms with Crippen LogP contribution in [0.2, 0.25) is 0 Å². The van der Waals surface area contributed by atoms with E-state index in [1.165, 1.54) is 11.9 Å². The molecule has 1 heterocycles. The zero-order valence-electron chi connectivity index (χ0n) is 15.2. The Hall–Kier alpha value is -3.34. The van der Waals surface area contributed by atoms with Crippen LogP contribution >= 0.6 is 0 Å². The number of carbonyl (C=O) groups excluding carboxylic acids is 1. The van der Waals surface area contributed by atoms with Gasteiger partial charge in [0, 0.05) is 24.3 Å². The van der Waals surface area contributed by atoms with Crippen LogP contribution in [0.3, 0.4) is 0 Å². The number of phenolic OH excluding ortho intramolecular Hbond substituents is 1. The fourth-order valence-corrected chi connectivity index (χ4v) is 3.54. The Kier molecular flexibility index (Phi) is 4.28. The summed E-state index contributed by atoms with van der Waals surface area (Å²) < 4.78 is 5.21. The highest BCUT2D eigenvalue weighted by atomic mass is 16.5. The van der Waals surface area contributed by atoms with Gasteiger partial charge in [-0.1, -0.05) is 42.5 Å². The van der Waals surface area contributed by atoms with Gasteiger partial charge in [0.1, 0.15) is 11.5 Å². The van der Waals surface area contributed by atoms with Gasteiger partial charge in [-0.15, -0.1) is 0 Å². The van der Waals surface area contributed by atoms with E-state index in [9.17, 15) is 9.90 Å². The molecule has 0 saturated heterocycles. The molecule has 0 spiro atoms. The summed E-state index contributed by atoms with van der Waals surface area (Å²) >= 11 is 0. The van der Waals surface area contributed by atoms with Crippen LogP contribution in [0, 0.1) is 0 Å². The van der Waals surface area contributed by atoms with Crippen LogP contribution in [-0.4, -0.2) is 28.8 Å². The predicted octanol–water partition coefficient (Wildman–Crippen LogP) is 4.25. The summed E-state index contributed by atoms with van der Waals surface area (Å²) in [5, 5.41) is 18.5. The monoisotopic (exact) mass is 360 g/mol. The second kappa shape index (κ2) is 6.76. The maximum absolute atomic E-state index is 12.2. The second-order valence-corrected chi connectivity index (χ2v) is 6.59. The number of nitrogens with zero attached hydrogens (tertiary/aromatic N) is 2. The van der Waals surface area contributed by atoms with Gasteiger partial charge in [-0.2, -0.15) is 5.10 Å². The van der Waals surface area contributed by atoms with Crippen molar-refractivity contribution >= 4 is 22.4 Å². The van der Waals surface area contributed by atoms with Gasteiger partial charge in [-0.25, -0.2) is 5.01 Å². The summed E-state index contributed by atoms with van der Waals surface area (Å²) in [5.74, 6) is 0.830. The third-order valence-corrected chi connectivity index (χ3v) is 4.95. The predicted molar refractivity (Wildman–Crippen MR) is 105 cm³/mol. The molecule has 1 amide bonds. The number of methoxy groups -OCH3 is 1. The molecule has 1 N–H and O–H groups in total. The van der Waals surface area contributed by atoms with Crippen LogP contribution in [0.15, 0.2) is 65.8 Å². The molecule has 0 saturated carbocycles. The first-order valence-corrected chi connectivity index (χ1v) is 8.81. The van der Waals surface area contributed by atoms with Gasteiger partial charge in [0.05, 0.1) is 18.9 Å². The van der Waals surface area contributed by atoms with Gasteiger partial charge in [-0.05, 0) is 29.1 Å². The lowest BCUT2D eigenvalue weighted by molar-refractivity contribution is -0.130. The molecule has 136 valence electrons. The normalized spacial score (nSPS) is 16.4. The molecule has 0 aliphatic carbocycles. The molecule has 27 heavy (non-hydrogen) atoms. The number of aromatic hydroxyl groups is 1. The zero-order valence-corrected chi connectivity index (χ0v) is 15.2. The first-order valence-electron chi connectivity index (χ1n) is 8.81. The topological polar surface area (TPSA) is 62.1 Å². The van der Waals surface area contributed by atoms with Gasteiger partial charge in [0.2, 0.25) is 5.91 Å². The van der Waals surface area contributed by atoms with E-state index in [0.717, 1.165) is 22.1 Å². The Balaban J connectivity index is 1.73. The Morgan fingerprint density at radius 1 is 1.11 bits per heavy atom. The molecule has 0 fully saturated rings. The van der Waals surface area contributed by atoms with Crippen LogP contribution in [0.1, 0.15) is 30.5 Å². The van der Waals surface area contributed by atoms with Crippen LogP contribution < -0.4 is 4.74 Å². The van der Waals surface area contributed by atoms with E-state index in [1.807, 2.05) is 60.7 Å². The Morgan fingerprint density at radius 3 is 2.56 bits per heavy atom. The summed E-state index contributed by atoms with van der Waals surface area (Å²) in [5.41, 5.74) is 2.34. The highest BCUT2D eigenvalue weighted by Crippen LogP contribution is 2.37. The molecular weight excluding hydrogens is 340 g/mol. The minimum absolute atomic E-state index is 0.133. The van der Waals surface area contributed by atoms with Crippen molar-refractivity contribution in [1.29, 1.82) is 0 Å². The average Bonchev–Trinajstić information content (AvgIpc) is 3.14. The SMILES string of the molecule is COc1ccc(C2CC(c3ccc4ccccc4c3O)=NN2C(C)=O)cc1. The number of fused-ring (bicyclic) bond motifs is 1. The van der Waals surface area contributed by atoms with Gasteiger partial charge >= 0.3 is 0 Å². The van der Waals surface area contributed by atoms with E-state index in [4.69, 9.17) is 4.74 Å². The van der Waals surface area contributed by atoms with Crippen molar-refractivity contribution in [3.63, 3.8) is 0 Å². The van der Waals surface area contributed by atoms with E-state index in [-0.39, 0.29) is 17.7 Å². The molecule has 5 nitrogen and oxygen atoms in total. The largest absolute Gasteiger partial charge is 0.507 e. The lowest BCUT2D eigenvalue weighted by atomic mass is 9.96. The minimum Gasteiger partial charge on any atom is -0.507 e. The molecule has 4 rings (SSSR count). The summed E-state index contributed by atoms with van der Waals surface area (Å²) in [6, 6.07) is 18.9. The third kappa shape index (κ3) is 3.01. The first kappa shape index (κ1) is 17.1. The second-order valence-electron chi connectivity index (χ2n) is 6.59. The summed E-state index contributed by atoms with van der Waals surface area (Å²) in [6.45, 7) is 1.50. The van der Waals surface area contributed by atoms with E-state index in [2.05, 4.69) is 5.10 Å². The molecule has 1 aliphatic rings. The van der Waals surface area contributed by atoms with Gasteiger partial charge in [0.15, 0.2) is 0 Å². The third-order valence-electron chi connectivity index (χ3n) is 4.95.